The Balaban J connectivity index is 2.65. The molecule has 0 bridgehead atoms. The molecule has 17 heavy (non-hydrogen) atoms. The molecule has 0 radical (unpaired) electrons. The maximum Gasteiger partial charge on any atom is 0.331 e. The van der Waals surface area contributed by atoms with Gasteiger partial charge in [0.25, 0.3) is 0 Å². The van der Waals surface area contributed by atoms with Gasteiger partial charge < -0.3 is 15.4 Å². The van der Waals surface area contributed by atoms with E-state index in [-0.39, 0.29) is 17.8 Å². The van der Waals surface area contributed by atoms with Gasteiger partial charge in [-0.25, -0.2) is 4.79 Å². The summed E-state index contributed by atoms with van der Waals surface area (Å²) in [4.78, 5) is 23.7. The van der Waals surface area contributed by atoms with Crippen molar-refractivity contribution in [1.82, 2.24) is 10.6 Å². The number of rotatable bonds is 5. The number of hydrogen-bond donors (Lipinski definition) is 2. The molecule has 2 N–H and O–H groups in total. The average molecular weight is 242 g/mol. The normalized spacial score (nSPS) is 22.9. The summed E-state index contributed by atoms with van der Waals surface area (Å²) in [6.45, 7) is 5.25. The summed E-state index contributed by atoms with van der Waals surface area (Å²) in [6.07, 6.45) is 2.23. The molecule has 0 aromatic rings. The minimum Gasteiger partial charge on any atom is -0.467 e. The molecule has 2 unspecified atom stereocenters. The number of nitrogens with one attached hydrogen (secondary N) is 2. The maximum atomic E-state index is 12.0. The smallest absolute Gasteiger partial charge is 0.331 e. The second-order valence-corrected chi connectivity index (χ2v) is 4.75. The summed E-state index contributed by atoms with van der Waals surface area (Å²) in [5, 5.41) is 5.97. The molecule has 5 heteroatoms. The van der Waals surface area contributed by atoms with Gasteiger partial charge in [0.2, 0.25) is 5.91 Å². The van der Waals surface area contributed by atoms with E-state index in [9.17, 15) is 9.59 Å². The average Bonchev–Trinajstić information content (AvgIpc) is 2.81. The Kier molecular flexibility index (Phi) is 4.93. The monoisotopic (exact) mass is 242 g/mol. The van der Waals surface area contributed by atoms with Gasteiger partial charge in [-0.3, -0.25) is 4.79 Å². The summed E-state index contributed by atoms with van der Waals surface area (Å²) >= 11 is 0. The topological polar surface area (TPSA) is 67.4 Å². The van der Waals surface area contributed by atoms with Gasteiger partial charge in [-0.1, -0.05) is 13.3 Å². The lowest BCUT2D eigenvalue weighted by atomic mass is 9.94. The van der Waals surface area contributed by atoms with Crippen molar-refractivity contribution >= 4 is 11.9 Å². The van der Waals surface area contributed by atoms with Crippen LogP contribution in [0, 0.1) is 5.92 Å². The summed E-state index contributed by atoms with van der Waals surface area (Å²) in [6, 6.07) is 0. The molecular weight excluding hydrogens is 220 g/mol. The van der Waals surface area contributed by atoms with Crippen molar-refractivity contribution in [3.63, 3.8) is 0 Å². The van der Waals surface area contributed by atoms with E-state index in [4.69, 9.17) is 4.74 Å². The molecule has 1 fully saturated rings. The molecule has 0 aromatic carbocycles. The zero-order chi connectivity index (χ0) is 12.9. The lowest BCUT2D eigenvalue weighted by molar-refractivity contribution is -0.151. The first-order chi connectivity index (χ1) is 8.03. The van der Waals surface area contributed by atoms with Crippen LogP contribution in [0.15, 0.2) is 0 Å². The number of carbonyl (C=O) groups excluding carboxylic acids is 2. The van der Waals surface area contributed by atoms with Gasteiger partial charge in [-0.2, -0.15) is 0 Å². The fraction of sp³-hybridized carbons (Fsp3) is 0.833. The third-order valence-electron chi connectivity index (χ3n) is 3.22. The van der Waals surface area contributed by atoms with E-state index >= 15 is 0 Å². The molecule has 0 aliphatic carbocycles. The number of hydrogen-bond acceptors (Lipinski definition) is 4. The van der Waals surface area contributed by atoms with E-state index in [1.54, 1.807) is 6.92 Å². The number of methoxy groups -OCH3 is 1. The van der Waals surface area contributed by atoms with E-state index in [1.165, 1.54) is 7.11 Å². The van der Waals surface area contributed by atoms with Crippen molar-refractivity contribution in [1.29, 1.82) is 0 Å². The standard InChI is InChI=1S/C12H22N2O3/c1-4-6-12(2,11(16)17-3)14-10(15)9-5-7-13-8-9/h9,13H,4-8H2,1-3H3,(H,14,15). The number of esters is 1. The van der Waals surface area contributed by atoms with E-state index in [2.05, 4.69) is 10.6 Å². The Hall–Kier alpha value is -1.10. The SMILES string of the molecule is CCCC(C)(NC(=O)C1CCNC1)C(=O)OC. The third kappa shape index (κ3) is 3.43. The molecule has 1 heterocycles. The quantitative estimate of drug-likeness (QED) is 0.687. The van der Waals surface area contributed by atoms with Crippen LogP contribution < -0.4 is 10.6 Å². The van der Waals surface area contributed by atoms with Crippen molar-refractivity contribution in [3.8, 4) is 0 Å². The summed E-state index contributed by atoms with van der Waals surface area (Å²) in [5.41, 5.74) is -0.900. The van der Waals surface area contributed by atoms with Gasteiger partial charge in [0.05, 0.1) is 13.0 Å². The van der Waals surface area contributed by atoms with Crippen LogP contribution >= 0.6 is 0 Å². The highest BCUT2D eigenvalue weighted by Gasteiger charge is 2.37. The summed E-state index contributed by atoms with van der Waals surface area (Å²) in [5.74, 6) is -0.467. The first kappa shape index (κ1) is 14.0. The lowest BCUT2D eigenvalue weighted by Gasteiger charge is -2.28. The van der Waals surface area contributed by atoms with Gasteiger partial charge in [0.1, 0.15) is 5.54 Å². The molecule has 0 saturated carbocycles. The lowest BCUT2D eigenvalue weighted by Crippen LogP contribution is -2.54. The molecule has 1 aliphatic heterocycles. The van der Waals surface area contributed by atoms with E-state index in [0.717, 1.165) is 19.4 Å². The van der Waals surface area contributed by atoms with Crippen LogP contribution in [0.1, 0.15) is 33.1 Å². The first-order valence-electron chi connectivity index (χ1n) is 6.14. The minimum atomic E-state index is -0.900. The van der Waals surface area contributed by atoms with Gasteiger partial charge in [-0.05, 0) is 26.3 Å². The Morgan fingerprint density at radius 1 is 1.53 bits per heavy atom. The zero-order valence-corrected chi connectivity index (χ0v) is 10.8. The van der Waals surface area contributed by atoms with Crippen LogP contribution in [0.2, 0.25) is 0 Å². The van der Waals surface area contributed by atoms with Gasteiger partial charge >= 0.3 is 5.97 Å². The van der Waals surface area contributed by atoms with Crippen LogP contribution in [-0.2, 0) is 14.3 Å². The largest absolute Gasteiger partial charge is 0.467 e. The fourth-order valence-electron chi connectivity index (χ4n) is 2.19. The van der Waals surface area contributed by atoms with Crippen LogP contribution in [0.5, 0.6) is 0 Å². The first-order valence-corrected chi connectivity index (χ1v) is 6.14. The molecule has 98 valence electrons. The molecule has 1 rings (SSSR count). The van der Waals surface area contributed by atoms with E-state index in [0.29, 0.717) is 13.0 Å². The molecule has 0 aromatic heterocycles. The Labute approximate surface area is 102 Å². The Morgan fingerprint density at radius 3 is 2.71 bits per heavy atom. The predicted molar refractivity (Wildman–Crippen MR) is 64.4 cm³/mol. The molecule has 1 saturated heterocycles. The Morgan fingerprint density at radius 2 is 2.24 bits per heavy atom. The second kappa shape index (κ2) is 6.00. The maximum absolute atomic E-state index is 12.0. The minimum absolute atomic E-state index is 0.0316. The van der Waals surface area contributed by atoms with Crippen molar-refractivity contribution in [2.75, 3.05) is 20.2 Å². The van der Waals surface area contributed by atoms with Crippen molar-refractivity contribution < 1.29 is 14.3 Å². The molecule has 1 amide bonds. The van der Waals surface area contributed by atoms with Gasteiger partial charge in [0, 0.05) is 6.54 Å². The molecule has 1 aliphatic rings. The van der Waals surface area contributed by atoms with Gasteiger partial charge in [0.15, 0.2) is 0 Å². The van der Waals surface area contributed by atoms with Crippen molar-refractivity contribution in [3.05, 3.63) is 0 Å². The number of amides is 1. The van der Waals surface area contributed by atoms with E-state index in [1.807, 2.05) is 6.92 Å². The summed E-state index contributed by atoms with van der Waals surface area (Å²) < 4.78 is 4.76. The van der Waals surface area contributed by atoms with E-state index < -0.39 is 5.54 Å². The number of carbonyl (C=O) groups is 2. The third-order valence-corrected chi connectivity index (χ3v) is 3.22. The highest BCUT2D eigenvalue weighted by atomic mass is 16.5. The van der Waals surface area contributed by atoms with Crippen LogP contribution in [0.4, 0.5) is 0 Å². The van der Waals surface area contributed by atoms with Gasteiger partial charge in [-0.15, -0.1) is 0 Å². The van der Waals surface area contributed by atoms with Crippen LogP contribution in [-0.4, -0.2) is 37.6 Å². The highest BCUT2D eigenvalue weighted by molar-refractivity contribution is 5.88. The highest BCUT2D eigenvalue weighted by Crippen LogP contribution is 2.17. The molecule has 0 spiro atoms. The predicted octanol–water partition coefficient (Wildman–Crippen LogP) is 0.444. The molecule has 2 atom stereocenters. The number of ether oxygens (including phenoxy) is 1. The van der Waals surface area contributed by atoms with Crippen LogP contribution in [0.3, 0.4) is 0 Å². The van der Waals surface area contributed by atoms with Crippen LogP contribution in [0.25, 0.3) is 0 Å². The second-order valence-electron chi connectivity index (χ2n) is 4.75. The van der Waals surface area contributed by atoms with Crippen molar-refractivity contribution in [2.45, 2.75) is 38.6 Å². The van der Waals surface area contributed by atoms with Crippen molar-refractivity contribution in [2.24, 2.45) is 5.92 Å². The molecular formula is C12H22N2O3. The fourth-order valence-corrected chi connectivity index (χ4v) is 2.19. The Bertz CT molecular complexity index is 287. The zero-order valence-electron chi connectivity index (χ0n) is 10.8. The molecule has 5 nitrogen and oxygen atoms in total. The summed E-state index contributed by atoms with van der Waals surface area (Å²) in [7, 11) is 1.35.